The molecule has 0 aliphatic carbocycles. The van der Waals surface area contributed by atoms with Crippen LogP contribution in [0.5, 0.6) is 0 Å². The van der Waals surface area contributed by atoms with Crippen LogP contribution in [0.15, 0.2) is 33.5 Å². The van der Waals surface area contributed by atoms with Crippen molar-refractivity contribution in [3.05, 3.63) is 63.1 Å². The zero-order chi connectivity index (χ0) is 18.4. The van der Waals surface area contributed by atoms with Crippen molar-refractivity contribution in [2.75, 3.05) is 6.54 Å². The number of rotatable bonds is 2. The minimum absolute atomic E-state index is 0.147. The number of fused-ring (bicyclic) bond motifs is 2. The maximum Gasteiger partial charge on any atom is 0.255 e. The fourth-order valence-corrected chi connectivity index (χ4v) is 3.35. The van der Waals surface area contributed by atoms with E-state index in [-0.39, 0.29) is 17.4 Å². The number of oxazole rings is 1. The van der Waals surface area contributed by atoms with Crippen LogP contribution < -0.4 is 5.56 Å². The smallest absolute Gasteiger partial charge is 0.255 e. The first kappa shape index (κ1) is 16.6. The molecule has 3 aromatic rings. The van der Waals surface area contributed by atoms with Crippen LogP contribution in [0.3, 0.4) is 0 Å². The standard InChI is InChI=1S/C20H21N3O3/c1-11(2)19-22-16-10-23(7-6-17(16)26-19)20(25)14-9-18(24)21-15-5-4-12(3)8-13(14)15/h4-5,8-9,11H,6-7,10H2,1-3H3,(H,21,24). The number of hydrogen-bond acceptors (Lipinski definition) is 4. The van der Waals surface area contributed by atoms with E-state index >= 15 is 0 Å². The van der Waals surface area contributed by atoms with Crippen molar-refractivity contribution < 1.29 is 9.21 Å². The second-order valence-electron chi connectivity index (χ2n) is 7.15. The molecule has 0 saturated carbocycles. The van der Waals surface area contributed by atoms with E-state index in [2.05, 4.69) is 9.97 Å². The van der Waals surface area contributed by atoms with Crippen LogP contribution in [-0.4, -0.2) is 27.3 Å². The van der Waals surface area contributed by atoms with Crippen molar-refractivity contribution in [3.8, 4) is 0 Å². The summed E-state index contributed by atoms with van der Waals surface area (Å²) in [5.41, 5.74) is 2.69. The molecule has 0 unspecified atom stereocenters. The number of aromatic amines is 1. The SMILES string of the molecule is Cc1ccc2[nH]c(=O)cc(C(=O)N3CCc4oc(C(C)C)nc4C3)c2c1. The monoisotopic (exact) mass is 351 g/mol. The first-order chi connectivity index (χ1) is 12.4. The molecule has 134 valence electrons. The number of aryl methyl sites for hydroxylation is 1. The van der Waals surface area contributed by atoms with E-state index in [0.717, 1.165) is 22.4 Å². The molecule has 1 aliphatic rings. The highest BCUT2D eigenvalue weighted by Gasteiger charge is 2.27. The lowest BCUT2D eigenvalue weighted by Crippen LogP contribution is -2.36. The molecular formula is C20H21N3O3. The lowest BCUT2D eigenvalue weighted by molar-refractivity contribution is 0.0729. The lowest BCUT2D eigenvalue weighted by Gasteiger charge is -2.25. The third kappa shape index (κ3) is 2.81. The number of benzene rings is 1. The van der Waals surface area contributed by atoms with Gasteiger partial charge in [0, 0.05) is 35.9 Å². The van der Waals surface area contributed by atoms with Gasteiger partial charge in [0.15, 0.2) is 5.89 Å². The normalized spacial score (nSPS) is 14.1. The Bertz CT molecular complexity index is 1060. The van der Waals surface area contributed by atoms with E-state index in [0.29, 0.717) is 36.5 Å². The van der Waals surface area contributed by atoms with Crippen molar-refractivity contribution in [1.82, 2.24) is 14.9 Å². The zero-order valence-corrected chi connectivity index (χ0v) is 15.1. The van der Waals surface area contributed by atoms with Gasteiger partial charge in [-0.1, -0.05) is 25.5 Å². The molecule has 0 fully saturated rings. The quantitative estimate of drug-likeness (QED) is 0.769. The Morgan fingerprint density at radius 1 is 1.31 bits per heavy atom. The van der Waals surface area contributed by atoms with Crippen LogP contribution in [0.25, 0.3) is 10.9 Å². The first-order valence-corrected chi connectivity index (χ1v) is 8.84. The number of carbonyl (C=O) groups is 1. The molecule has 0 bridgehead atoms. The summed E-state index contributed by atoms with van der Waals surface area (Å²) >= 11 is 0. The third-order valence-electron chi connectivity index (χ3n) is 4.75. The van der Waals surface area contributed by atoms with Crippen molar-refractivity contribution in [2.24, 2.45) is 0 Å². The van der Waals surface area contributed by atoms with E-state index in [1.54, 1.807) is 4.90 Å². The van der Waals surface area contributed by atoms with Gasteiger partial charge in [-0.15, -0.1) is 0 Å². The minimum Gasteiger partial charge on any atom is -0.445 e. The Kier molecular flexibility index (Phi) is 3.90. The zero-order valence-electron chi connectivity index (χ0n) is 15.1. The van der Waals surface area contributed by atoms with Crippen molar-refractivity contribution in [2.45, 2.75) is 39.7 Å². The average Bonchev–Trinajstić information content (AvgIpc) is 3.04. The molecule has 1 aliphatic heterocycles. The second kappa shape index (κ2) is 6.12. The van der Waals surface area contributed by atoms with Gasteiger partial charge in [-0.25, -0.2) is 4.98 Å². The summed E-state index contributed by atoms with van der Waals surface area (Å²) in [6.07, 6.45) is 0.640. The summed E-state index contributed by atoms with van der Waals surface area (Å²) in [5.74, 6) is 1.64. The number of aromatic nitrogens is 2. The van der Waals surface area contributed by atoms with Crippen molar-refractivity contribution in [3.63, 3.8) is 0 Å². The van der Waals surface area contributed by atoms with Gasteiger partial charge >= 0.3 is 0 Å². The van der Waals surface area contributed by atoms with Crippen molar-refractivity contribution >= 4 is 16.8 Å². The summed E-state index contributed by atoms with van der Waals surface area (Å²) in [6.45, 7) is 6.99. The molecule has 2 aromatic heterocycles. The van der Waals surface area contributed by atoms with Crippen LogP contribution in [0.2, 0.25) is 0 Å². The van der Waals surface area contributed by atoms with Crippen LogP contribution >= 0.6 is 0 Å². The molecule has 6 nitrogen and oxygen atoms in total. The molecule has 1 N–H and O–H groups in total. The van der Waals surface area contributed by atoms with E-state index in [1.807, 2.05) is 39.0 Å². The number of H-pyrrole nitrogens is 1. The van der Waals surface area contributed by atoms with Gasteiger partial charge < -0.3 is 14.3 Å². The number of amides is 1. The highest BCUT2D eigenvalue weighted by Crippen LogP contribution is 2.26. The number of carbonyl (C=O) groups excluding carboxylic acids is 1. The molecule has 6 heteroatoms. The van der Waals surface area contributed by atoms with Gasteiger partial charge in [-0.3, -0.25) is 9.59 Å². The van der Waals surface area contributed by atoms with E-state index < -0.39 is 0 Å². The number of nitrogens with one attached hydrogen (secondary N) is 1. The molecule has 1 aromatic carbocycles. The summed E-state index contributed by atoms with van der Waals surface area (Å²) in [5, 5.41) is 0.767. The minimum atomic E-state index is -0.272. The van der Waals surface area contributed by atoms with E-state index in [4.69, 9.17) is 4.42 Å². The molecule has 3 heterocycles. The maximum absolute atomic E-state index is 13.1. The van der Waals surface area contributed by atoms with Gasteiger partial charge in [-0.05, 0) is 19.1 Å². The van der Waals surface area contributed by atoms with Gasteiger partial charge in [-0.2, -0.15) is 0 Å². The fourth-order valence-electron chi connectivity index (χ4n) is 3.35. The highest BCUT2D eigenvalue weighted by atomic mass is 16.4. The molecule has 0 atom stereocenters. The van der Waals surface area contributed by atoms with Crippen LogP contribution in [0.1, 0.15) is 53.0 Å². The number of nitrogens with zero attached hydrogens (tertiary/aromatic N) is 2. The van der Waals surface area contributed by atoms with Crippen LogP contribution in [0, 0.1) is 6.92 Å². The third-order valence-corrected chi connectivity index (χ3v) is 4.75. The summed E-state index contributed by atoms with van der Waals surface area (Å²) in [6, 6.07) is 7.08. The summed E-state index contributed by atoms with van der Waals surface area (Å²) < 4.78 is 5.80. The second-order valence-corrected chi connectivity index (χ2v) is 7.15. The molecule has 26 heavy (non-hydrogen) atoms. The first-order valence-electron chi connectivity index (χ1n) is 8.84. The van der Waals surface area contributed by atoms with Crippen LogP contribution in [0.4, 0.5) is 0 Å². The topological polar surface area (TPSA) is 79.2 Å². The predicted octanol–water partition coefficient (Wildman–Crippen LogP) is 3.15. The van der Waals surface area contributed by atoms with Crippen molar-refractivity contribution in [1.29, 1.82) is 0 Å². The Labute approximate surface area is 150 Å². The molecular weight excluding hydrogens is 330 g/mol. The molecule has 0 saturated heterocycles. The van der Waals surface area contributed by atoms with Gasteiger partial charge in [0.1, 0.15) is 11.5 Å². The van der Waals surface area contributed by atoms with Crippen LogP contribution in [-0.2, 0) is 13.0 Å². The van der Waals surface area contributed by atoms with Gasteiger partial charge in [0.25, 0.3) is 5.91 Å². The Hall–Kier alpha value is -2.89. The number of pyridine rings is 1. The highest BCUT2D eigenvalue weighted by molar-refractivity contribution is 6.06. The molecule has 0 spiro atoms. The Morgan fingerprint density at radius 3 is 2.88 bits per heavy atom. The number of hydrogen-bond donors (Lipinski definition) is 1. The molecule has 4 rings (SSSR count). The average molecular weight is 351 g/mol. The molecule has 1 amide bonds. The summed E-state index contributed by atoms with van der Waals surface area (Å²) in [4.78, 5) is 34.2. The van der Waals surface area contributed by atoms with E-state index in [9.17, 15) is 9.59 Å². The Morgan fingerprint density at radius 2 is 2.12 bits per heavy atom. The largest absolute Gasteiger partial charge is 0.445 e. The lowest BCUT2D eigenvalue weighted by atomic mass is 10.0. The maximum atomic E-state index is 13.1. The van der Waals surface area contributed by atoms with Gasteiger partial charge in [0.05, 0.1) is 12.1 Å². The predicted molar refractivity (Wildman–Crippen MR) is 98.3 cm³/mol. The van der Waals surface area contributed by atoms with E-state index in [1.165, 1.54) is 6.07 Å². The molecule has 0 radical (unpaired) electrons. The summed E-state index contributed by atoms with van der Waals surface area (Å²) in [7, 11) is 0. The Balaban J connectivity index is 1.71. The van der Waals surface area contributed by atoms with Gasteiger partial charge in [0.2, 0.25) is 5.56 Å². The fraction of sp³-hybridized carbons (Fsp3) is 0.350.